The van der Waals surface area contributed by atoms with E-state index in [2.05, 4.69) is 10.6 Å². The number of rotatable bonds is 10. The average molecular weight is 440 g/mol. The summed E-state index contributed by atoms with van der Waals surface area (Å²) in [7, 11) is 0. The van der Waals surface area contributed by atoms with Gasteiger partial charge in [0.25, 0.3) is 5.91 Å². The lowest BCUT2D eigenvalue weighted by molar-refractivity contribution is -0.114. The minimum Gasteiger partial charge on any atom is -0.491 e. The van der Waals surface area contributed by atoms with Crippen LogP contribution in [0.5, 0.6) is 5.75 Å². The molecule has 1 aliphatic rings. The molecular formula is C25H33N3O4. The number of hydrogen-bond acceptors (Lipinski definition) is 5. The summed E-state index contributed by atoms with van der Waals surface area (Å²) in [5.74, 6) is 0.559. The van der Waals surface area contributed by atoms with Gasteiger partial charge in [-0.05, 0) is 50.1 Å². The Morgan fingerprint density at radius 1 is 0.938 bits per heavy atom. The largest absolute Gasteiger partial charge is 0.491 e. The van der Waals surface area contributed by atoms with Crippen molar-refractivity contribution in [1.82, 2.24) is 4.90 Å². The Labute approximate surface area is 190 Å². The van der Waals surface area contributed by atoms with Gasteiger partial charge in [-0.2, -0.15) is 0 Å². The molecule has 1 heterocycles. The van der Waals surface area contributed by atoms with E-state index in [0.717, 1.165) is 37.4 Å². The van der Waals surface area contributed by atoms with Gasteiger partial charge in [-0.15, -0.1) is 0 Å². The van der Waals surface area contributed by atoms with Crippen molar-refractivity contribution in [3.8, 4) is 5.75 Å². The number of likely N-dealkylation sites (tertiary alicyclic amines) is 1. The third kappa shape index (κ3) is 7.57. The SMILES string of the molecule is CCOCCOc1cccc(NCC(=O)Nc2cccc(C(=O)N3CCCCCC3)c2)c1. The maximum atomic E-state index is 12.8. The highest BCUT2D eigenvalue weighted by Crippen LogP contribution is 2.18. The number of carbonyl (C=O) groups excluding carboxylic acids is 2. The van der Waals surface area contributed by atoms with Crippen LogP contribution < -0.4 is 15.4 Å². The molecule has 2 N–H and O–H groups in total. The van der Waals surface area contributed by atoms with E-state index in [0.29, 0.717) is 31.1 Å². The van der Waals surface area contributed by atoms with E-state index in [-0.39, 0.29) is 18.4 Å². The van der Waals surface area contributed by atoms with Crippen molar-refractivity contribution in [3.05, 3.63) is 54.1 Å². The third-order valence-electron chi connectivity index (χ3n) is 5.27. The Kier molecular flexibility index (Phi) is 9.37. The number of ether oxygens (including phenoxy) is 2. The number of benzene rings is 2. The molecule has 0 bridgehead atoms. The Hall–Kier alpha value is -3.06. The van der Waals surface area contributed by atoms with Gasteiger partial charge in [-0.1, -0.05) is 25.0 Å². The van der Waals surface area contributed by atoms with Crippen LogP contribution in [0.15, 0.2) is 48.5 Å². The van der Waals surface area contributed by atoms with Gasteiger partial charge in [-0.25, -0.2) is 0 Å². The molecule has 7 heteroatoms. The Morgan fingerprint density at radius 3 is 2.47 bits per heavy atom. The predicted molar refractivity (Wildman–Crippen MR) is 126 cm³/mol. The molecule has 2 aromatic carbocycles. The molecule has 1 saturated heterocycles. The molecule has 0 saturated carbocycles. The number of nitrogens with one attached hydrogen (secondary N) is 2. The second kappa shape index (κ2) is 12.7. The molecule has 2 amide bonds. The van der Waals surface area contributed by atoms with Gasteiger partial charge >= 0.3 is 0 Å². The normalized spacial score (nSPS) is 13.8. The van der Waals surface area contributed by atoms with Crippen LogP contribution in [0.4, 0.5) is 11.4 Å². The lowest BCUT2D eigenvalue weighted by Gasteiger charge is -2.20. The van der Waals surface area contributed by atoms with Crippen LogP contribution in [0.3, 0.4) is 0 Å². The van der Waals surface area contributed by atoms with Crippen LogP contribution in [0.1, 0.15) is 43.0 Å². The number of anilines is 2. The highest BCUT2D eigenvalue weighted by Gasteiger charge is 2.17. The summed E-state index contributed by atoms with van der Waals surface area (Å²) in [6, 6.07) is 14.6. The van der Waals surface area contributed by atoms with E-state index in [1.165, 1.54) is 12.8 Å². The summed E-state index contributed by atoms with van der Waals surface area (Å²) < 4.78 is 10.9. The van der Waals surface area contributed by atoms with Crippen LogP contribution in [0, 0.1) is 0 Å². The predicted octanol–water partition coefficient (Wildman–Crippen LogP) is 4.17. The summed E-state index contributed by atoms with van der Waals surface area (Å²) in [6.07, 6.45) is 4.45. The topological polar surface area (TPSA) is 79.9 Å². The van der Waals surface area contributed by atoms with E-state index in [1.54, 1.807) is 24.3 Å². The van der Waals surface area contributed by atoms with Crippen LogP contribution in [-0.2, 0) is 9.53 Å². The fourth-order valence-electron chi connectivity index (χ4n) is 3.63. The van der Waals surface area contributed by atoms with Gasteiger partial charge in [0, 0.05) is 42.7 Å². The van der Waals surface area contributed by atoms with Gasteiger partial charge in [0.2, 0.25) is 5.91 Å². The molecule has 172 valence electrons. The Bertz CT molecular complexity index is 879. The fraction of sp³-hybridized carbons (Fsp3) is 0.440. The second-order valence-electron chi connectivity index (χ2n) is 7.76. The summed E-state index contributed by atoms with van der Waals surface area (Å²) in [5, 5.41) is 5.97. The maximum Gasteiger partial charge on any atom is 0.253 e. The summed E-state index contributed by atoms with van der Waals surface area (Å²) >= 11 is 0. The van der Waals surface area contributed by atoms with Gasteiger partial charge in [0.1, 0.15) is 12.4 Å². The summed E-state index contributed by atoms with van der Waals surface area (Å²) in [6.45, 7) is 5.32. The lowest BCUT2D eigenvalue weighted by atomic mass is 10.1. The van der Waals surface area contributed by atoms with Gasteiger partial charge < -0.3 is 25.0 Å². The molecule has 0 aliphatic carbocycles. The molecule has 0 radical (unpaired) electrons. The Morgan fingerprint density at radius 2 is 1.69 bits per heavy atom. The molecule has 7 nitrogen and oxygen atoms in total. The van der Waals surface area contributed by atoms with E-state index < -0.39 is 0 Å². The second-order valence-corrected chi connectivity index (χ2v) is 7.76. The highest BCUT2D eigenvalue weighted by atomic mass is 16.5. The highest BCUT2D eigenvalue weighted by molar-refractivity contribution is 5.98. The van der Waals surface area contributed by atoms with Crippen LogP contribution in [0.25, 0.3) is 0 Å². The Balaban J connectivity index is 1.50. The van der Waals surface area contributed by atoms with Crippen molar-refractivity contribution < 1.29 is 19.1 Å². The number of hydrogen-bond donors (Lipinski definition) is 2. The van der Waals surface area contributed by atoms with Crippen LogP contribution in [-0.4, -0.2) is 56.2 Å². The molecule has 1 fully saturated rings. The van der Waals surface area contributed by atoms with Crippen molar-refractivity contribution in [2.75, 3.05) is 50.1 Å². The molecule has 0 atom stereocenters. The lowest BCUT2D eigenvalue weighted by Crippen LogP contribution is -2.31. The van der Waals surface area contributed by atoms with Crippen molar-refractivity contribution >= 4 is 23.2 Å². The average Bonchev–Trinajstić information content (AvgIpc) is 3.10. The first kappa shape index (κ1) is 23.6. The monoisotopic (exact) mass is 439 g/mol. The van der Waals surface area contributed by atoms with Crippen molar-refractivity contribution in [2.45, 2.75) is 32.6 Å². The number of nitrogens with zero attached hydrogens (tertiary/aromatic N) is 1. The minimum atomic E-state index is -0.188. The molecule has 0 aromatic heterocycles. The minimum absolute atomic E-state index is 0.0299. The van der Waals surface area contributed by atoms with E-state index in [4.69, 9.17) is 9.47 Å². The molecular weight excluding hydrogens is 406 g/mol. The standard InChI is InChI=1S/C25H33N3O4/c1-2-31-15-16-32-23-12-8-10-21(18-23)26-19-24(29)27-22-11-7-9-20(17-22)25(30)28-13-5-3-4-6-14-28/h7-12,17-18,26H,2-6,13-16,19H2,1H3,(H,27,29). The smallest absolute Gasteiger partial charge is 0.253 e. The first-order valence-electron chi connectivity index (χ1n) is 11.4. The molecule has 1 aliphatic heterocycles. The summed E-state index contributed by atoms with van der Waals surface area (Å²) in [5.41, 5.74) is 2.01. The fourth-order valence-corrected chi connectivity index (χ4v) is 3.63. The van der Waals surface area contributed by atoms with Crippen molar-refractivity contribution in [2.24, 2.45) is 0 Å². The number of amides is 2. The number of carbonyl (C=O) groups is 2. The van der Waals surface area contributed by atoms with Crippen molar-refractivity contribution in [3.63, 3.8) is 0 Å². The van der Waals surface area contributed by atoms with E-state index in [1.807, 2.05) is 36.1 Å². The molecule has 32 heavy (non-hydrogen) atoms. The third-order valence-corrected chi connectivity index (χ3v) is 5.27. The first-order valence-corrected chi connectivity index (χ1v) is 11.4. The van der Waals surface area contributed by atoms with Gasteiger partial charge in [0.05, 0.1) is 13.2 Å². The van der Waals surface area contributed by atoms with Gasteiger partial charge in [0.15, 0.2) is 0 Å². The maximum absolute atomic E-state index is 12.8. The van der Waals surface area contributed by atoms with Crippen LogP contribution >= 0.6 is 0 Å². The molecule has 0 unspecified atom stereocenters. The zero-order chi connectivity index (χ0) is 22.6. The van der Waals surface area contributed by atoms with Gasteiger partial charge in [-0.3, -0.25) is 9.59 Å². The van der Waals surface area contributed by atoms with E-state index >= 15 is 0 Å². The molecule has 3 rings (SSSR count). The zero-order valence-corrected chi connectivity index (χ0v) is 18.8. The quantitative estimate of drug-likeness (QED) is 0.543. The van der Waals surface area contributed by atoms with E-state index in [9.17, 15) is 9.59 Å². The molecule has 2 aromatic rings. The van der Waals surface area contributed by atoms with Crippen LogP contribution in [0.2, 0.25) is 0 Å². The first-order chi connectivity index (χ1) is 15.7. The van der Waals surface area contributed by atoms with Crippen molar-refractivity contribution in [1.29, 1.82) is 0 Å². The summed E-state index contributed by atoms with van der Waals surface area (Å²) in [4.78, 5) is 27.2. The zero-order valence-electron chi connectivity index (χ0n) is 18.8. The molecule has 0 spiro atoms.